The van der Waals surface area contributed by atoms with Gasteiger partial charge < -0.3 is 10.2 Å². The minimum Gasteiger partial charge on any atom is -0.348 e. The summed E-state index contributed by atoms with van der Waals surface area (Å²) in [6.45, 7) is 5.17. The van der Waals surface area contributed by atoms with Gasteiger partial charge in [0.1, 0.15) is 0 Å². The van der Waals surface area contributed by atoms with E-state index in [1.165, 1.54) is 0 Å². The molecule has 0 aliphatic carbocycles. The van der Waals surface area contributed by atoms with Crippen LogP contribution in [0.15, 0.2) is 42.5 Å². The van der Waals surface area contributed by atoms with Gasteiger partial charge in [0.2, 0.25) is 5.91 Å². The molecule has 3 rings (SSSR count). The van der Waals surface area contributed by atoms with Crippen molar-refractivity contribution < 1.29 is 9.59 Å². The Morgan fingerprint density at radius 2 is 1.72 bits per heavy atom. The van der Waals surface area contributed by atoms with Crippen LogP contribution in [0.25, 0.3) is 0 Å². The predicted octanol–water partition coefficient (Wildman–Crippen LogP) is 3.75. The molecular weight excluding hydrogens is 312 g/mol. The average molecular weight is 336 g/mol. The lowest BCUT2D eigenvalue weighted by atomic mass is 10.0. The maximum atomic E-state index is 12.5. The molecule has 130 valence electrons. The van der Waals surface area contributed by atoms with E-state index in [2.05, 4.69) is 5.32 Å². The van der Waals surface area contributed by atoms with Crippen molar-refractivity contribution in [1.29, 1.82) is 0 Å². The number of hydrogen-bond donors (Lipinski definition) is 1. The molecule has 1 N–H and O–H groups in total. The first kappa shape index (κ1) is 17.2. The van der Waals surface area contributed by atoms with Crippen LogP contribution in [0.1, 0.15) is 46.3 Å². The number of benzene rings is 2. The largest absolute Gasteiger partial charge is 0.348 e. The fourth-order valence-corrected chi connectivity index (χ4v) is 3.32. The van der Waals surface area contributed by atoms with E-state index in [0.717, 1.165) is 47.3 Å². The summed E-state index contributed by atoms with van der Waals surface area (Å²) in [6, 6.07) is 13.7. The summed E-state index contributed by atoms with van der Waals surface area (Å²) in [7, 11) is 0. The molecule has 0 radical (unpaired) electrons. The van der Waals surface area contributed by atoms with Crippen molar-refractivity contribution in [2.75, 3.05) is 11.4 Å². The van der Waals surface area contributed by atoms with E-state index in [1.807, 2.05) is 61.2 Å². The van der Waals surface area contributed by atoms with Gasteiger partial charge in [0.15, 0.2) is 0 Å². The third kappa shape index (κ3) is 3.90. The van der Waals surface area contributed by atoms with Crippen LogP contribution in [-0.2, 0) is 11.3 Å². The monoisotopic (exact) mass is 336 g/mol. The van der Waals surface area contributed by atoms with Gasteiger partial charge in [0.25, 0.3) is 5.91 Å². The molecule has 0 spiro atoms. The number of nitrogens with zero attached hydrogens (tertiary/aromatic N) is 1. The van der Waals surface area contributed by atoms with E-state index < -0.39 is 0 Å². The standard InChI is InChI=1S/C21H24N2O2/c1-15-6-5-7-16(2)20(15)21(25)22-14-17-9-11-18(12-10-17)23-13-4-3-8-19(23)24/h5-7,9-12H,3-4,8,13-14H2,1-2H3,(H,22,25). The highest BCUT2D eigenvalue weighted by molar-refractivity contribution is 5.97. The van der Waals surface area contributed by atoms with E-state index in [-0.39, 0.29) is 11.8 Å². The molecule has 2 amide bonds. The van der Waals surface area contributed by atoms with Crippen molar-refractivity contribution in [2.24, 2.45) is 0 Å². The molecule has 1 aliphatic heterocycles. The maximum absolute atomic E-state index is 12.5. The highest BCUT2D eigenvalue weighted by Gasteiger charge is 2.19. The smallest absolute Gasteiger partial charge is 0.252 e. The Morgan fingerprint density at radius 3 is 2.36 bits per heavy atom. The molecule has 1 aliphatic rings. The molecule has 25 heavy (non-hydrogen) atoms. The third-order valence-corrected chi connectivity index (χ3v) is 4.73. The number of piperidine rings is 1. The lowest BCUT2D eigenvalue weighted by molar-refractivity contribution is -0.119. The molecular formula is C21H24N2O2. The van der Waals surface area contributed by atoms with E-state index in [1.54, 1.807) is 0 Å². The first-order valence-electron chi connectivity index (χ1n) is 8.80. The Morgan fingerprint density at radius 1 is 1.04 bits per heavy atom. The summed E-state index contributed by atoms with van der Waals surface area (Å²) in [5, 5.41) is 2.99. The van der Waals surface area contributed by atoms with Gasteiger partial charge in [-0.1, -0.05) is 30.3 Å². The minimum absolute atomic E-state index is 0.0501. The summed E-state index contributed by atoms with van der Waals surface area (Å²) < 4.78 is 0. The van der Waals surface area contributed by atoms with Gasteiger partial charge >= 0.3 is 0 Å². The number of nitrogens with one attached hydrogen (secondary N) is 1. The third-order valence-electron chi connectivity index (χ3n) is 4.73. The van der Waals surface area contributed by atoms with E-state index >= 15 is 0 Å². The van der Waals surface area contributed by atoms with Gasteiger partial charge in [0.05, 0.1) is 0 Å². The second kappa shape index (κ2) is 7.51. The summed E-state index contributed by atoms with van der Waals surface area (Å²) in [5.74, 6) is 0.146. The number of amides is 2. The van der Waals surface area contributed by atoms with Crippen LogP contribution in [0.4, 0.5) is 5.69 Å². The molecule has 0 aromatic heterocycles. The summed E-state index contributed by atoms with van der Waals surface area (Å²) in [5.41, 5.74) is 4.67. The Hall–Kier alpha value is -2.62. The molecule has 1 saturated heterocycles. The van der Waals surface area contributed by atoms with Crippen molar-refractivity contribution in [1.82, 2.24) is 5.32 Å². The highest BCUT2D eigenvalue weighted by Crippen LogP contribution is 2.21. The Bertz CT molecular complexity index is 761. The topological polar surface area (TPSA) is 49.4 Å². The van der Waals surface area contributed by atoms with Crippen LogP contribution in [0, 0.1) is 13.8 Å². The molecule has 1 fully saturated rings. The van der Waals surface area contributed by atoms with Gasteiger partial charge in [-0.15, -0.1) is 0 Å². The van der Waals surface area contributed by atoms with Crippen molar-refractivity contribution in [3.63, 3.8) is 0 Å². The summed E-state index contributed by atoms with van der Waals surface area (Å²) in [4.78, 5) is 26.3. The van der Waals surface area contributed by atoms with Crippen molar-refractivity contribution in [2.45, 2.75) is 39.7 Å². The second-order valence-corrected chi connectivity index (χ2v) is 6.62. The van der Waals surface area contributed by atoms with Crippen LogP contribution >= 0.6 is 0 Å². The van der Waals surface area contributed by atoms with E-state index in [9.17, 15) is 9.59 Å². The first-order valence-corrected chi connectivity index (χ1v) is 8.80. The van der Waals surface area contributed by atoms with Crippen LogP contribution in [0.2, 0.25) is 0 Å². The molecule has 1 heterocycles. The molecule has 0 atom stereocenters. The zero-order valence-electron chi connectivity index (χ0n) is 14.8. The Balaban J connectivity index is 1.64. The predicted molar refractivity (Wildman–Crippen MR) is 99.7 cm³/mol. The number of rotatable bonds is 4. The van der Waals surface area contributed by atoms with Crippen LogP contribution in [0.3, 0.4) is 0 Å². The molecule has 4 heteroatoms. The van der Waals surface area contributed by atoms with Crippen molar-refractivity contribution in [3.8, 4) is 0 Å². The van der Waals surface area contributed by atoms with E-state index in [4.69, 9.17) is 0 Å². The van der Waals surface area contributed by atoms with Crippen LogP contribution < -0.4 is 10.2 Å². The van der Waals surface area contributed by atoms with Gasteiger partial charge in [-0.05, 0) is 55.5 Å². The zero-order chi connectivity index (χ0) is 17.8. The van der Waals surface area contributed by atoms with Gasteiger partial charge in [0, 0.05) is 30.8 Å². The molecule has 2 aromatic carbocycles. The number of carbonyl (C=O) groups excluding carboxylic acids is 2. The first-order chi connectivity index (χ1) is 12.1. The molecule has 0 saturated carbocycles. The maximum Gasteiger partial charge on any atom is 0.252 e. The van der Waals surface area contributed by atoms with Crippen LogP contribution in [-0.4, -0.2) is 18.4 Å². The Labute approximate surface area is 148 Å². The van der Waals surface area contributed by atoms with Gasteiger partial charge in [-0.2, -0.15) is 0 Å². The number of anilines is 1. The molecule has 0 bridgehead atoms. The molecule has 4 nitrogen and oxygen atoms in total. The van der Waals surface area contributed by atoms with Crippen molar-refractivity contribution in [3.05, 3.63) is 64.7 Å². The van der Waals surface area contributed by atoms with Crippen molar-refractivity contribution >= 4 is 17.5 Å². The summed E-state index contributed by atoms with van der Waals surface area (Å²) in [6.07, 6.45) is 2.67. The average Bonchev–Trinajstić information content (AvgIpc) is 2.61. The number of aryl methyl sites for hydroxylation is 2. The lowest BCUT2D eigenvalue weighted by Crippen LogP contribution is -2.35. The second-order valence-electron chi connectivity index (χ2n) is 6.62. The summed E-state index contributed by atoms with van der Waals surface area (Å²) >= 11 is 0. The van der Waals surface area contributed by atoms with Gasteiger partial charge in [-0.25, -0.2) is 0 Å². The fraction of sp³-hybridized carbons (Fsp3) is 0.333. The lowest BCUT2D eigenvalue weighted by Gasteiger charge is -2.26. The normalized spacial score (nSPS) is 14.5. The Kier molecular flexibility index (Phi) is 5.17. The van der Waals surface area contributed by atoms with Crippen LogP contribution in [0.5, 0.6) is 0 Å². The number of carbonyl (C=O) groups is 2. The fourth-order valence-electron chi connectivity index (χ4n) is 3.32. The molecule has 0 unspecified atom stereocenters. The quantitative estimate of drug-likeness (QED) is 0.924. The highest BCUT2D eigenvalue weighted by atomic mass is 16.2. The molecule has 2 aromatic rings. The zero-order valence-corrected chi connectivity index (χ0v) is 14.8. The van der Waals surface area contributed by atoms with Gasteiger partial charge in [-0.3, -0.25) is 9.59 Å². The number of hydrogen-bond acceptors (Lipinski definition) is 2. The minimum atomic E-state index is -0.0501. The van der Waals surface area contributed by atoms with E-state index in [0.29, 0.717) is 13.0 Å². The SMILES string of the molecule is Cc1cccc(C)c1C(=O)NCc1ccc(N2CCCCC2=O)cc1.